The van der Waals surface area contributed by atoms with Crippen LogP contribution in [0.1, 0.15) is 25.3 Å². The van der Waals surface area contributed by atoms with Crippen molar-refractivity contribution in [3.8, 4) is 0 Å². The van der Waals surface area contributed by atoms with Crippen LogP contribution in [0.4, 0.5) is 0 Å². The summed E-state index contributed by atoms with van der Waals surface area (Å²) in [5, 5.41) is 3.63. The number of rotatable bonds is 5. The van der Waals surface area contributed by atoms with Crippen molar-refractivity contribution >= 4 is 0 Å². The molecular formula is C14H17NO3. The zero-order valence-corrected chi connectivity index (χ0v) is 10.6. The molecule has 1 atom stereocenters. The third-order valence-corrected chi connectivity index (χ3v) is 3.14. The van der Waals surface area contributed by atoms with Gasteiger partial charge in [-0.3, -0.25) is 4.52 Å². The minimum atomic E-state index is -0.729. The molecule has 0 amide bonds. The van der Waals surface area contributed by atoms with E-state index in [0.29, 0.717) is 24.1 Å². The van der Waals surface area contributed by atoms with Crippen LogP contribution in [0.15, 0.2) is 44.1 Å². The molecule has 0 radical (unpaired) electrons. The van der Waals surface area contributed by atoms with E-state index in [1.807, 2.05) is 18.2 Å². The summed E-state index contributed by atoms with van der Waals surface area (Å²) in [6.07, 6.45) is 1.56. The van der Waals surface area contributed by atoms with Crippen molar-refractivity contribution in [2.75, 3.05) is 0 Å². The van der Waals surface area contributed by atoms with E-state index >= 15 is 0 Å². The van der Waals surface area contributed by atoms with Crippen LogP contribution in [0.25, 0.3) is 0 Å². The van der Waals surface area contributed by atoms with Crippen LogP contribution in [-0.2, 0) is 12.8 Å². The lowest BCUT2D eigenvalue weighted by Gasteiger charge is -2.18. The summed E-state index contributed by atoms with van der Waals surface area (Å²) < 4.78 is 9.29. The fourth-order valence-corrected chi connectivity index (χ4v) is 1.99. The maximum atomic E-state index is 10.8. The van der Waals surface area contributed by atoms with Gasteiger partial charge < -0.3 is 4.42 Å². The molecule has 0 aliphatic heterocycles. The van der Waals surface area contributed by atoms with Crippen molar-refractivity contribution in [2.45, 2.75) is 26.7 Å². The van der Waals surface area contributed by atoms with Crippen LogP contribution in [0, 0.1) is 11.8 Å². The highest BCUT2D eigenvalue weighted by Crippen LogP contribution is 2.20. The molecule has 2 rings (SSSR count). The average Bonchev–Trinajstić information content (AvgIpc) is 2.75. The summed E-state index contributed by atoms with van der Waals surface area (Å²) in [6, 6.07) is 10.3. The first-order valence-corrected chi connectivity index (χ1v) is 6.14. The molecule has 1 aromatic carbocycles. The van der Waals surface area contributed by atoms with E-state index in [1.54, 1.807) is 0 Å². The predicted molar refractivity (Wildman–Crippen MR) is 67.2 cm³/mol. The van der Waals surface area contributed by atoms with E-state index in [9.17, 15) is 4.79 Å². The Balaban J connectivity index is 2.07. The van der Waals surface area contributed by atoms with E-state index in [0.717, 1.165) is 6.42 Å². The molecule has 0 aliphatic rings. The average molecular weight is 247 g/mol. The number of hydrogen-bond acceptors (Lipinski definition) is 4. The van der Waals surface area contributed by atoms with Crippen LogP contribution >= 0.6 is 0 Å². The SMILES string of the molecule is CC(C)C(Cc1ccccc1)Cc1noc(=O)o1. The molecule has 4 heteroatoms. The largest absolute Gasteiger partial charge is 0.542 e. The molecular weight excluding hydrogens is 230 g/mol. The Kier molecular flexibility index (Phi) is 3.97. The molecule has 0 saturated carbocycles. The lowest BCUT2D eigenvalue weighted by molar-refractivity contribution is 0.326. The fourth-order valence-electron chi connectivity index (χ4n) is 1.99. The minimum absolute atomic E-state index is 0.376. The van der Waals surface area contributed by atoms with Gasteiger partial charge in [-0.05, 0) is 29.0 Å². The normalized spacial score (nSPS) is 12.8. The van der Waals surface area contributed by atoms with Crippen LogP contribution in [0.3, 0.4) is 0 Å². The highest BCUT2D eigenvalue weighted by molar-refractivity contribution is 5.15. The van der Waals surface area contributed by atoms with Gasteiger partial charge >= 0.3 is 5.82 Å². The van der Waals surface area contributed by atoms with Gasteiger partial charge in [0.1, 0.15) is 0 Å². The third kappa shape index (κ3) is 3.32. The molecule has 0 spiro atoms. The zero-order valence-electron chi connectivity index (χ0n) is 10.6. The van der Waals surface area contributed by atoms with Crippen LogP contribution in [0.5, 0.6) is 0 Å². The number of benzene rings is 1. The second-order valence-corrected chi connectivity index (χ2v) is 4.83. The van der Waals surface area contributed by atoms with Gasteiger partial charge in [0.05, 0.1) is 0 Å². The molecule has 0 saturated heterocycles. The van der Waals surface area contributed by atoms with Gasteiger partial charge in [0.25, 0.3) is 0 Å². The second-order valence-electron chi connectivity index (χ2n) is 4.83. The summed E-state index contributed by atoms with van der Waals surface area (Å²) in [7, 11) is 0. The Hall–Kier alpha value is -1.84. The summed E-state index contributed by atoms with van der Waals surface area (Å²) in [4.78, 5) is 10.8. The lowest BCUT2D eigenvalue weighted by Crippen LogP contribution is -2.15. The predicted octanol–water partition coefficient (Wildman–Crippen LogP) is 2.69. The Morgan fingerprint density at radius 1 is 1.17 bits per heavy atom. The number of nitrogens with zero attached hydrogens (tertiary/aromatic N) is 1. The van der Waals surface area contributed by atoms with Crippen molar-refractivity contribution in [1.29, 1.82) is 0 Å². The van der Waals surface area contributed by atoms with Gasteiger partial charge in [-0.2, -0.15) is 0 Å². The molecule has 2 aromatic rings. The van der Waals surface area contributed by atoms with Crippen molar-refractivity contribution in [3.63, 3.8) is 0 Å². The van der Waals surface area contributed by atoms with Crippen molar-refractivity contribution in [2.24, 2.45) is 11.8 Å². The van der Waals surface area contributed by atoms with E-state index in [4.69, 9.17) is 4.42 Å². The van der Waals surface area contributed by atoms with E-state index in [1.165, 1.54) is 5.56 Å². The Labute approximate surface area is 106 Å². The van der Waals surface area contributed by atoms with Gasteiger partial charge in [-0.1, -0.05) is 44.2 Å². The van der Waals surface area contributed by atoms with Gasteiger partial charge in [-0.15, -0.1) is 0 Å². The smallest absolute Gasteiger partial charge is 0.375 e. The monoisotopic (exact) mass is 247 g/mol. The first-order chi connectivity index (χ1) is 8.65. The number of aromatic nitrogens is 1. The van der Waals surface area contributed by atoms with Crippen molar-refractivity contribution < 1.29 is 8.94 Å². The first-order valence-electron chi connectivity index (χ1n) is 6.14. The van der Waals surface area contributed by atoms with Crippen molar-refractivity contribution in [3.05, 3.63) is 52.4 Å². The van der Waals surface area contributed by atoms with Gasteiger partial charge in [0, 0.05) is 6.42 Å². The molecule has 4 nitrogen and oxygen atoms in total. The summed E-state index contributed by atoms with van der Waals surface area (Å²) in [6.45, 7) is 4.32. The van der Waals surface area contributed by atoms with Gasteiger partial charge in [-0.25, -0.2) is 4.79 Å². The first kappa shape index (κ1) is 12.6. The summed E-state index contributed by atoms with van der Waals surface area (Å²) >= 11 is 0. The summed E-state index contributed by atoms with van der Waals surface area (Å²) in [5.74, 6) is 0.509. The molecule has 1 aromatic heterocycles. The molecule has 18 heavy (non-hydrogen) atoms. The van der Waals surface area contributed by atoms with Gasteiger partial charge in [0.2, 0.25) is 5.89 Å². The highest BCUT2D eigenvalue weighted by atomic mass is 16.6. The van der Waals surface area contributed by atoms with E-state index in [2.05, 4.69) is 35.7 Å². The van der Waals surface area contributed by atoms with Crippen LogP contribution in [0.2, 0.25) is 0 Å². The maximum absolute atomic E-state index is 10.8. The fraction of sp³-hybridized carbons (Fsp3) is 0.429. The quantitative estimate of drug-likeness (QED) is 0.815. The molecule has 0 N–H and O–H groups in total. The molecule has 0 bridgehead atoms. The van der Waals surface area contributed by atoms with E-state index in [-0.39, 0.29) is 0 Å². The van der Waals surface area contributed by atoms with Crippen molar-refractivity contribution in [1.82, 2.24) is 5.16 Å². The highest BCUT2D eigenvalue weighted by Gasteiger charge is 2.18. The van der Waals surface area contributed by atoms with Crippen LogP contribution < -0.4 is 5.82 Å². The molecule has 1 unspecified atom stereocenters. The Morgan fingerprint density at radius 3 is 2.44 bits per heavy atom. The maximum Gasteiger partial charge on any atom is 0.542 e. The van der Waals surface area contributed by atoms with E-state index < -0.39 is 5.82 Å². The number of hydrogen-bond donors (Lipinski definition) is 0. The Morgan fingerprint density at radius 2 is 1.89 bits per heavy atom. The molecule has 1 heterocycles. The second kappa shape index (κ2) is 5.67. The topological polar surface area (TPSA) is 56.2 Å². The molecule has 96 valence electrons. The Bertz CT molecular complexity index is 527. The molecule has 0 aliphatic carbocycles. The lowest BCUT2D eigenvalue weighted by atomic mass is 9.86. The standard InChI is InChI=1S/C14H17NO3/c1-10(2)12(8-11-6-4-3-5-7-11)9-13-15-18-14(16)17-13/h3-7,10,12H,8-9H2,1-2H3. The van der Waals surface area contributed by atoms with Crippen LogP contribution in [-0.4, -0.2) is 5.16 Å². The molecule has 0 fully saturated rings. The third-order valence-electron chi connectivity index (χ3n) is 3.14. The zero-order chi connectivity index (χ0) is 13.0. The summed E-state index contributed by atoms with van der Waals surface area (Å²) in [5.41, 5.74) is 1.28. The van der Waals surface area contributed by atoms with Gasteiger partial charge in [0.15, 0.2) is 0 Å². The minimum Gasteiger partial charge on any atom is -0.375 e.